The van der Waals surface area contributed by atoms with E-state index in [0.717, 1.165) is 64.4 Å². The molecule has 3 saturated heterocycles. The van der Waals surface area contributed by atoms with Crippen molar-refractivity contribution in [1.82, 2.24) is 19.8 Å². The highest BCUT2D eigenvalue weighted by molar-refractivity contribution is 5.69. The van der Waals surface area contributed by atoms with Crippen LogP contribution < -0.4 is 4.90 Å². The Hall–Kier alpha value is -1.89. The van der Waals surface area contributed by atoms with E-state index in [1.807, 2.05) is 23.4 Å². The number of likely N-dealkylation sites (tertiary alicyclic amines) is 1. The minimum Gasteiger partial charge on any atom is -0.448 e. The Morgan fingerprint density at radius 3 is 2.21 bits per heavy atom. The van der Waals surface area contributed by atoms with Crippen LogP contribution in [0.2, 0.25) is 0 Å². The van der Waals surface area contributed by atoms with E-state index in [-0.39, 0.29) is 6.09 Å². The molecule has 3 aliphatic rings. The molecule has 7 heteroatoms. The van der Waals surface area contributed by atoms with Gasteiger partial charge in [-0.05, 0) is 31.7 Å². The van der Waals surface area contributed by atoms with Gasteiger partial charge in [0.2, 0.25) is 5.95 Å². The molecular formula is C17H25N5O2. The maximum absolute atomic E-state index is 11.7. The second-order valence-electron chi connectivity index (χ2n) is 6.84. The van der Waals surface area contributed by atoms with Crippen molar-refractivity contribution in [3.8, 4) is 0 Å². The molecule has 4 rings (SSSR count). The number of rotatable bonds is 3. The lowest BCUT2D eigenvalue weighted by Crippen LogP contribution is -2.51. The Kier molecular flexibility index (Phi) is 4.51. The van der Waals surface area contributed by atoms with Gasteiger partial charge in [0.15, 0.2) is 0 Å². The first-order chi connectivity index (χ1) is 11.8. The molecule has 4 heterocycles. The summed E-state index contributed by atoms with van der Waals surface area (Å²) in [5.74, 6) is 0.849. The summed E-state index contributed by atoms with van der Waals surface area (Å²) in [6.07, 6.45) is 7.95. The molecule has 1 aromatic heterocycles. The van der Waals surface area contributed by atoms with Crippen LogP contribution >= 0.6 is 0 Å². The number of anilines is 1. The summed E-state index contributed by atoms with van der Waals surface area (Å²) in [7, 11) is 0. The molecule has 0 saturated carbocycles. The first-order valence-electron chi connectivity index (χ1n) is 9.00. The third kappa shape index (κ3) is 3.17. The predicted octanol–water partition coefficient (Wildman–Crippen LogP) is 1.36. The molecule has 0 bridgehead atoms. The first-order valence-corrected chi connectivity index (χ1v) is 9.00. The fraction of sp³-hybridized carbons (Fsp3) is 0.706. The van der Waals surface area contributed by atoms with E-state index < -0.39 is 0 Å². The highest BCUT2D eigenvalue weighted by Crippen LogP contribution is 2.25. The number of carbonyl (C=O) groups excluding carboxylic acids is 1. The zero-order valence-corrected chi connectivity index (χ0v) is 14.0. The molecule has 24 heavy (non-hydrogen) atoms. The van der Waals surface area contributed by atoms with Crippen molar-refractivity contribution in [3.05, 3.63) is 18.5 Å². The Labute approximate surface area is 142 Å². The third-order valence-electron chi connectivity index (χ3n) is 5.55. The summed E-state index contributed by atoms with van der Waals surface area (Å²) in [4.78, 5) is 27.2. The van der Waals surface area contributed by atoms with Gasteiger partial charge in [0.25, 0.3) is 0 Å². The van der Waals surface area contributed by atoms with Crippen LogP contribution in [0.4, 0.5) is 10.7 Å². The number of aromatic nitrogens is 2. The Morgan fingerprint density at radius 2 is 1.58 bits per heavy atom. The van der Waals surface area contributed by atoms with E-state index in [4.69, 9.17) is 4.74 Å². The number of hydrogen-bond acceptors (Lipinski definition) is 6. The molecule has 3 aliphatic heterocycles. The Bertz CT molecular complexity index is 553. The van der Waals surface area contributed by atoms with Gasteiger partial charge in [-0.2, -0.15) is 0 Å². The van der Waals surface area contributed by atoms with Crippen LogP contribution in [-0.2, 0) is 4.74 Å². The summed E-state index contributed by atoms with van der Waals surface area (Å²) >= 11 is 0. The molecule has 3 fully saturated rings. The van der Waals surface area contributed by atoms with Crippen molar-refractivity contribution in [3.63, 3.8) is 0 Å². The molecule has 0 aromatic carbocycles. The van der Waals surface area contributed by atoms with Gasteiger partial charge in [-0.25, -0.2) is 14.8 Å². The van der Waals surface area contributed by atoms with E-state index in [1.54, 1.807) is 0 Å². The number of carbonyl (C=O) groups is 1. The van der Waals surface area contributed by atoms with Gasteiger partial charge in [-0.3, -0.25) is 0 Å². The van der Waals surface area contributed by atoms with Crippen LogP contribution in [0.1, 0.15) is 25.7 Å². The second-order valence-corrected chi connectivity index (χ2v) is 6.84. The average Bonchev–Trinajstić information content (AvgIpc) is 3.09. The Balaban J connectivity index is 1.26. The average molecular weight is 331 g/mol. The van der Waals surface area contributed by atoms with E-state index in [1.165, 1.54) is 0 Å². The topological polar surface area (TPSA) is 61.8 Å². The summed E-state index contributed by atoms with van der Waals surface area (Å²) < 4.78 is 5.07. The smallest absolute Gasteiger partial charge is 0.410 e. The van der Waals surface area contributed by atoms with E-state index in [9.17, 15) is 4.79 Å². The van der Waals surface area contributed by atoms with Crippen molar-refractivity contribution < 1.29 is 9.53 Å². The molecule has 0 N–H and O–H groups in total. The van der Waals surface area contributed by atoms with E-state index >= 15 is 0 Å². The minimum absolute atomic E-state index is 0.121. The monoisotopic (exact) mass is 331 g/mol. The molecule has 0 aliphatic carbocycles. The SMILES string of the molecule is O=C1OCCN1C1CCN(C2CCN(c3ncccn3)CC2)CC1. The van der Waals surface area contributed by atoms with Crippen LogP contribution in [0.25, 0.3) is 0 Å². The van der Waals surface area contributed by atoms with Crippen molar-refractivity contribution in [2.24, 2.45) is 0 Å². The zero-order valence-electron chi connectivity index (χ0n) is 14.0. The summed E-state index contributed by atoms with van der Waals surface area (Å²) in [5.41, 5.74) is 0. The zero-order chi connectivity index (χ0) is 16.4. The number of ether oxygens (including phenoxy) is 1. The molecule has 0 radical (unpaired) electrons. The predicted molar refractivity (Wildman–Crippen MR) is 89.9 cm³/mol. The highest BCUT2D eigenvalue weighted by atomic mass is 16.6. The van der Waals surface area contributed by atoms with Gasteiger partial charge in [0.1, 0.15) is 6.61 Å². The minimum atomic E-state index is -0.121. The van der Waals surface area contributed by atoms with Gasteiger partial charge >= 0.3 is 6.09 Å². The fourth-order valence-corrected chi connectivity index (χ4v) is 4.19. The van der Waals surface area contributed by atoms with Crippen molar-refractivity contribution in [2.45, 2.75) is 37.8 Å². The van der Waals surface area contributed by atoms with Crippen LogP contribution in [0.5, 0.6) is 0 Å². The maximum Gasteiger partial charge on any atom is 0.410 e. The van der Waals surface area contributed by atoms with E-state index in [2.05, 4.69) is 19.8 Å². The summed E-state index contributed by atoms with van der Waals surface area (Å²) in [5, 5.41) is 0. The molecule has 0 spiro atoms. The number of amides is 1. The van der Waals surface area contributed by atoms with Gasteiger partial charge in [0, 0.05) is 50.7 Å². The lowest BCUT2D eigenvalue weighted by Gasteiger charge is -2.42. The molecule has 0 atom stereocenters. The standard InChI is InChI=1S/C17H25N5O2/c23-17-22(12-13-24-17)15-4-8-20(9-5-15)14-2-10-21(11-3-14)16-18-6-1-7-19-16/h1,6-7,14-15H,2-5,8-13H2. The van der Waals surface area contributed by atoms with Crippen LogP contribution in [0, 0.1) is 0 Å². The lowest BCUT2D eigenvalue weighted by molar-refractivity contribution is 0.0884. The maximum atomic E-state index is 11.7. The first kappa shape index (κ1) is 15.6. The van der Waals surface area contributed by atoms with Gasteiger partial charge < -0.3 is 19.4 Å². The summed E-state index contributed by atoms with van der Waals surface area (Å²) in [6, 6.07) is 2.88. The number of cyclic esters (lactones) is 1. The van der Waals surface area contributed by atoms with Crippen molar-refractivity contribution >= 4 is 12.0 Å². The molecule has 1 aromatic rings. The van der Waals surface area contributed by atoms with Crippen LogP contribution in [0.15, 0.2) is 18.5 Å². The lowest BCUT2D eigenvalue weighted by atomic mass is 9.97. The Morgan fingerprint density at radius 1 is 0.917 bits per heavy atom. The van der Waals surface area contributed by atoms with Gasteiger partial charge in [-0.1, -0.05) is 0 Å². The molecular weight excluding hydrogens is 306 g/mol. The number of hydrogen-bond donors (Lipinski definition) is 0. The number of nitrogens with zero attached hydrogens (tertiary/aromatic N) is 5. The molecule has 0 unspecified atom stereocenters. The van der Waals surface area contributed by atoms with E-state index in [0.29, 0.717) is 18.7 Å². The van der Waals surface area contributed by atoms with Crippen molar-refractivity contribution in [2.75, 3.05) is 44.2 Å². The van der Waals surface area contributed by atoms with Crippen LogP contribution in [-0.4, -0.2) is 77.3 Å². The third-order valence-corrected chi connectivity index (χ3v) is 5.55. The molecule has 7 nitrogen and oxygen atoms in total. The largest absolute Gasteiger partial charge is 0.448 e. The van der Waals surface area contributed by atoms with Crippen LogP contribution in [0.3, 0.4) is 0 Å². The van der Waals surface area contributed by atoms with Gasteiger partial charge in [0.05, 0.1) is 6.54 Å². The quantitative estimate of drug-likeness (QED) is 0.833. The van der Waals surface area contributed by atoms with Gasteiger partial charge in [-0.15, -0.1) is 0 Å². The molecule has 130 valence electrons. The highest BCUT2D eigenvalue weighted by Gasteiger charge is 2.34. The fourth-order valence-electron chi connectivity index (χ4n) is 4.19. The number of piperidine rings is 2. The second kappa shape index (κ2) is 6.93. The molecule has 1 amide bonds. The normalized spacial score (nSPS) is 24.4. The summed E-state index contributed by atoms with van der Waals surface area (Å²) in [6.45, 7) is 5.53. The van der Waals surface area contributed by atoms with Crippen molar-refractivity contribution in [1.29, 1.82) is 0 Å².